The summed E-state index contributed by atoms with van der Waals surface area (Å²) < 4.78 is 4.79. The number of benzene rings is 9. The summed E-state index contributed by atoms with van der Waals surface area (Å²) in [6, 6.07) is 67.2. The number of para-hydroxylation sites is 4. The Morgan fingerprint density at radius 3 is 0.926 bits per heavy atom. The van der Waals surface area contributed by atoms with Crippen LogP contribution in [0.3, 0.4) is 0 Å². The van der Waals surface area contributed by atoms with Crippen molar-refractivity contribution in [3.05, 3.63) is 193 Å². The van der Waals surface area contributed by atoms with E-state index in [1.165, 1.54) is 98.5 Å². The average Bonchev–Trinajstić information content (AvgIpc) is 3.73. The molecule has 0 atom stereocenters. The van der Waals surface area contributed by atoms with Crippen LogP contribution in [0.25, 0.3) is 98.8 Å². The Bertz CT molecular complexity index is 2940. The first-order chi connectivity index (χ1) is 26.6. The van der Waals surface area contributed by atoms with Crippen LogP contribution in [-0.2, 0) is 0 Å². The Morgan fingerprint density at radius 1 is 0.278 bits per heavy atom. The maximum absolute atomic E-state index is 2.39. The highest BCUT2D eigenvalue weighted by atomic mass is 15.0. The minimum atomic E-state index is 1.16. The molecule has 2 heterocycles. The molecule has 11 rings (SSSR count). The van der Waals surface area contributed by atoms with Crippen molar-refractivity contribution in [3.8, 4) is 33.6 Å². The van der Waals surface area contributed by atoms with E-state index in [1.54, 1.807) is 0 Å². The van der Waals surface area contributed by atoms with Gasteiger partial charge in [0.1, 0.15) is 0 Å². The third-order valence-corrected chi connectivity index (χ3v) is 11.4. The van der Waals surface area contributed by atoms with Crippen LogP contribution in [0.15, 0.2) is 182 Å². The van der Waals surface area contributed by atoms with Gasteiger partial charge in [0.25, 0.3) is 0 Å². The second-order valence-electron chi connectivity index (χ2n) is 14.7. The van der Waals surface area contributed by atoms with E-state index in [4.69, 9.17) is 0 Å². The molecule has 254 valence electrons. The third kappa shape index (κ3) is 4.53. The summed E-state index contributed by atoms with van der Waals surface area (Å²) in [7, 11) is 0. The monoisotopic (exact) mass is 688 g/mol. The number of nitrogens with zero attached hydrogens (tertiary/aromatic N) is 2. The largest absolute Gasteiger partial charge is 0.309 e. The fourth-order valence-corrected chi connectivity index (χ4v) is 9.03. The van der Waals surface area contributed by atoms with Gasteiger partial charge in [-0.15, -0.1) is 0 Å². The molecule has 0 aliphatic heterocycles. The van der Waals surface area contributed by atoms with Gasteiger partial charge >= 0.3 is 0 Å². The fraction of sp³-hybridized carbons (Fsp3) is 0.0385. The summed E-state index contributed by atoms with van der Waals surface area (Å²) in [5, 5.41) is 10.2. The van der Waals surface area contributed by atoms with Crippen molar-refractivity contribution in [1.29, 1.82) is 0 Å². The second kappa shape index (κ2) is 11.8. The molecule has 0 aliphatic carbocycles. The van der Waals surface area contributed by atoms with Crippen molar-refractivity contribution >= 4 is 65.2 Å². The molecule has 0 bridgehead atoms. The van der Waals surface area contributed by atoms with Crippen LogP contribution in [0.5, 0.6) is 0 Å². The summed E-state index contributed by atoms with van der Waals surface area (Å²) >= 11 is 0. The molecule has 0 aliphatic rings. The van der Waals surface area contributed by atoms with Gasteiger partial charge in [-0.3, -0.25) is 0 Å². The smallest absolute Gasteiger partial charge is 0.0541 e. The molecule has 11 aromatic rings. The molecule has 0 N–H and O–H groups in total. The number of aryl methyl sites for hydroxylation is 2. The van der Waals surface area contributed by atoms with Crippen LogP contribution in [-0.4, -0.2) is 9.13 Å². The van der Waals surface area contributed by atoms with Crippen molar-refractivity contribution in [1.82, 2.24) is 9.13 Å². The number of aromatic nitrogens is 2. The van der Waals surface area contributed by atoms with Crippen LogP contribution >= 0.6 is 0 Å². The third-order valence-electron chi connectivity index (χ3n) is 11.4. The maximum Gasteiger partial charge on any atom is 0.0541 e. The number of rotatable bonds is 4. The molecule has 2 aromatic heterocycles. The van der Waals surface area contributed by atoms with Crippen LogP contribution in [0.4, 0.5) is 0 Å². The number of hydrogen-bond acceptors (Lipinski definition) is 0. The molecule has 2 heteroatoms. The molecular formula is C52H36N2. The normalized spacial score (nSPS) is 11.9. The molecule has 9 aromatic carbocycles. The molecule has 0 saturated carbocycles. The lowest BCUT2D eigenvalue weighted by Crippen LogP contribution is -1.96. The lowest BCUT2D eigenvalue weighted by atomic mass is 9.85. The van der Waals surface area contributed by atoms with E-state index in [9.17, 15) is 0 Å². The lowest BCUT2D eigenvalue weighted by molar-refractivity contribution is 1.18. The topological polar surface area (TPSA) is 9.86 Å². The maximum atomic E-state index is 2.39. The summed E-state index contributed by atoms with van der Waals surface area (Å²) in [6.07, 6.45) is 0. The van der Waals surface area contributed by atoms with Gasteiger partial charge in [-0.1, -0.05) is 145 Å². The molecule has 2 nitrogen and oxygen atoms in total. The Morgan fingerprint density at radius 2 is 0.593 bits per heavy atom. The first-order valence-corrected chi connectivity index (χ1v) is 18.8. The first kappa shape index (κ1) is 30.7. The lowest BCUT2D eigenvalue weighted by Gasteiger charge is -2.19. The van der Waals surface area contributed by atoms with E-state index >= 15 is 0 Å². The van der Waals surface area contributed by atoms with Crippen molar-refractivity contribution in [2.24, 2.45) is 0 Å². The summed E-state index contributed by atoms with van der Waals surface area (Å²) in [6.45, 7) is 4.40. The Labute approximate surface area is 313 Å². The first-order valence-electron chi connectivity index (χ1n) is 18.8. The highest BCUT2D eigenvalue weighted by Gasteiger charge is 2.19. The summed E-state index contributed by atoms with van der Waals surface area (Å²) in [4.78, 5) is 0. The average molecular weight is 689 g/mol. The van der Waals surface area contributed by atoms with E-state index in [2.05, 4.69) is 205 Å². The molecule has 54 heavy (non-hydrogen) atoms. The molecule has 0 amide bonds. The minimum Gasteiger partial charge on any atom is -0.309 e. The summed E-state index contributed by atoms with van der Waals surface area (Å²) in [5.74, 6) is 0. The highest BCUT2D eigenvalue weighted by molar-refractivity contribution is 6.22. The Hall–Kier alpha value is -6.90. The quantitative estimate of drug-likeness (QED) is 0.163. The molecule has 0 fully saturated rings. The molecular weight excluding hydrogens is 653 g/mol. The van der Waals surface area contributed by atoms with Gasteiger partial charge in [-0.2, -0.15) is 0 Å². The fourth-order valence-electron chi connectivity index (χ4n) is 9.03. The zero-order valence-corrected chi connectivity index (χ0v) is 30.2. The molecule has 0 spiro atoms. The molecule has 0 unspecified atom stereocenters. The van der Waals surface area contributed by atoms with E-state index in [-0.39, 0.29) is 0 Å². The van der Waals surface area contributed by atoms with Crippen LogP contribution in [0.1, 0.15) is 11.1 Å². The van der Waals surface area contributed by atoms with E-state index < -0.39 is 0 Å². The zero-order chi connectivity index (χ0) is 35.9. The van der Waals surface area contributed by atoms with Crippen molar-refractivity contribution in [2.45, 2.75) is 13.8 Å². The highest BCUT2D eigenvalue weighted by Crippen LogP contribution is 2.45. The van der Waals surface area contributed by atoms with E-state index in [0.29, 0.717) is 0 Å². The van der Waals surface area contributed by atoms with Gasteiger partial charge in [-0.05, 0) is 106 Å². The SMILES string of the molecule is Cc1ccc2c(-c3ccc(-n4c5ccccc5c5ccccc54)cc3)c3cc(C)ccc3c(-c3ccc(-n4c5ccccc5c5ccccc54)cc3)c2c1. The number of hydrogen-bond donors (Lipinski definition) is 0. The van der Waals surface area contributed by atoms with Crippen molar-refractivity contribution in [2.75, 3.05) is 0 Å². The second-order valence-corrected chi connectivity index (χ2v) is 14.7. The van der Waals surface area contributed by atoms with E-state index in [0.717, 1.165) is 11.4 Å². The van der Waals surface area contributed by atoms with Gasteiger partial charge in [-0.25, -0.2) is 0 Å². The van der Waals surface area contributed by atoms with Crippen LogP contribution < -0.4 is 0 Å². The van der Waals surface area contributed by atoms with Gasteiger partial charge < -0.3 is 9.13 Å². The molecule has 0 radical (unpaired) electrons. The standard InChI is InChI=1S/C52H36N2/c1-33-19-29-43-45(31-33)51(35-21-25-37(26-22-35)53-47-15-7-3-11-39(47)40-12-4-8-16-48(40)53)44-30-20-34(2)32-46(44)52(43)36-23-27-38(28-24-36)54-49-17-9-5-13-41(49)42-14-6-10-18-50(42)54/h3-32H,1-2H3. The van der Waals surface area contributed by atoms with Gasteiger partial charge in [0.2, 0.25) is 0 Å². The Balaban J connectivity index is 1.10. The predicted octanol–water partition coefficient (Wildman–Crippen LogP) is 14.1. The van der Waals surface area contributed by atoms with Gasteiger partial charge in [0, 0.05) is 32.9 Å². The van der Waals surface area contributed by atoms with Crippen molar-refractivity contribution < 1.29 is 0 Å². The van der Waals surface area contributed by atoms with Gasteiger partial charge in [0.15, 0.2) is 0 Å². The van der Waals surface area contributed by atoms with E-state index in [1.807, 2.05) is 0 Å². The van der Waals surface area contributed by atoms with Crippen LogP contribution in [0.2, 0.25) is 0 Å². The zero-order valence-electron chi connectivity index (χ0n) is 30.2. The van der Waals surface area contributed by atoms with Crippen LogP contribution in [0, 0.1) is 13.8 Å². The van der Waals surface area contributed by atoms with Gasteiger partial charge in [0.05, 0.1) is 22.1 Å². The Kier molecular flexibility index (Phi) is 6.72. The number of fused-ring (bicyclic) bond motifs is 8. The summed E-state index contributed by atoms with van der Waals surface area (Å²) in [5.41, 5.74) is 14.7. The minimum absolute atomic E-state index is 1.16. The molecule has 0 saturated heterocycles. The predicted molar refractivity (Wildman–Crippen MR) is 230 cm³/mol. The van der Waals surface area contributed by atoms with Crippen molar-refractivity contribution in [3.63, 3.8) is 0 Å².